The van der Waals surface area contributed by atoms with Crippen molar-refractivity contribution in [3.63, 3.8) is 0 Å². The molecule has 1 unspecified atom stereocenters. The zero-order valence-corrected chi connectivity index (χ0v) is 19.8. The Morgan fingerprint density at radius 1 is 1.13 bits per heavy atom. The van der Waals surface area contributed by atoms with Crippen LogP contribution in [0.3, 0.4) is 0 Å². The quantitative estimate of drug-likeness (QED) is 0.477. The first-order valence-corrected chi connectivity index (χ1v) is 11.9. The minimum Gasteiger partial charge on any atom is -0.483 e. The van der Waals surface area contributed by atoms with Crippen molar-refractivity contribution < 1.29 is 14.3 Å². The molecule has 0 bridgehead atoms. The van der Waals surface area contributed by atoms with Gasteiger partial charge in [-0.05, 0) is 70.9 Å². The highest BCUT2D eigenvalue weighted by Crippen LogP contribution is 2.30. The summed E-state index contributed by atoms with van der Waals surface area (Å²) in [5.41, 5.74) is 2.19. The second-order valence-electron chi connectivity index (χ2n) is 8.19. The van der Waals surface area contributed by atoms with Crippen LogP contribution in [-0.2, 0) is 4.79 Å². The third kappa shape index (κ3) is 6.57. The lowest BCUT2D eigenvalue weighted by Crippen LogP contribution is -2.36. The predicted molar refractivity (Wildman–Crippen MR) is 128 cm³/mol. The van der Waals surface area contributed by atoms with Crippen molar-refractivity contribution in [1.82, 2.24) is 5.32 Å². The Labute approximate surface area is 193 Å². The number of hydrogen-bond acceptors (Lipinski definition) is 3. The van der Waals surface area contributed by atoms with Crippen molar-refractivity contribution in [1.29, 1.82) is 0 Å². The van der Waals surface area contributed by atoms with E-state index in [-0.39, 0.29) is 24.5 Å². The van der Waals surface area contributed by atoms with Crippen molar-refractivity contribution in [3.05, 3.63) is 58.1 Å². The van der Waals surface area contributed by atoms with Crippen LogP contribution in [0.5, 0.6) is 5.75 Å². The predicted octanol–water partition coefficient (Wildman–Crippen LogP) is 6.04. The van der Waals surface area contributed by atoms with Gasteiger partial charge in [-0.25, -0.2) is 0 Å². The SMILES string of the molecule is CCC(C)c1ccc(OCC(=O)Nc2ccccc2C(=O)NC2CCCCC2)c(Br)c1. The van der Waals surface area contributed by atoms with Gasteiger partial charge in [0.15, 0.2) is 6.61 Å². The number of hydrogen-bond donors (Lipinski definition) is 2. The van der Waals surface area contributed by atoms with Crippen LogP contribution < -0.4 is 15.4 Å². The van der Waals surface area contributed by atoms with Crippen LogP contribution in [0.2, 0.25) is 0 Å². The second kappa shape index (κ2) is 11.3. The fourth-order valence-corrected chi connectivity index (χ4v) is 4.32. The Hall–Kier alpha value is -2.34. The molecule has 2 aromatic rings. The Morgan fingerprint density at radius 2 is 1.87 bits per heavy atom. The Kier molecular flexibility index (Phi) is 8.52. The van der Waals surface area contributed by atoms with Gasteiger partial charge in [0.25, 0.3) is 11.8 Å². The highest BCUT2D eigenvalue weighted by molar-refractivity contribution is 9.10. The molecule has 0 heterocycles. The molecular formula is C25H31BrN2O3. The van der Waals surface area contributed by atoms with E-state index >= 15 is 0 Å². The van der Waals surface area contributed by atoms with Crippen LogP contribution >= 0.6 is 15.9 Å². The Morgan fingerprint density at radius 3 is 2.58 bits per heavy atom. The van der Waals surface area contributed by atoms with Crippen molar-refractivity contribution >= 4 is 33.4 Å². The molecule has 1 atom stereocenters. The maximum absolute atomic E-state index is 12.8. The van der Waals surface area contributed by atoms with E-state index in [4.69, 9.17) is 4.74 Å². The van der Waals surface area contributed by atoms with Crippen LogP contribution in [0.15, 0.2) is 46.9 Å². The van der Waals surface area contributed by atoms with Crippen molar-refractivity contribution in [2.24, 2.45) is 0 Å². The summed E-state index contributed by atoms with van der Waals surface area (Å²) in [6.45, 7) is 4.19. The number of nitrogens with one attached hydrogen (secondary N) is 2. The molecule has 0 aromatic heterocycles. The van der Waals surface area contributed by atoms with E-state index in [2.05, 4.69) is 40.4 Å². The number of amides is 2. The standard InChI is InChI=1S/C25H31BrN2O3/c1-3-17(2)18-13-14-23(21(26)15-18)31-16-24(29)28-22-12-8-7-11-20(22)25(30)27-19-9-5-4-6-10-19/h7-8,11-15,17,19H,3-6,9-10,16H2,1-2H3,(H,27,30)(H,28,29). The fraction of sp³-hybridized carbons (Fsp3) is 0.440. The van der Waals surface area contributed by atoms with E-state index in [1.807, 2.05) is 18.2 Å². The number of carbonyl (C=O) groups excluding carboxylic acids is 2. The minimum absolute atomic E-state index is 0.139. The van der Waals surface area contributed by atoms with E-state index in [0.29, 0.717) is 22.9 Å². The van der Waals surface area contributed by atoms with Gasteiger partial charge < -0.3 is 15.4 Å². The maximum atomic E-state index is 12.8. The lowest BCUT2D eigenvalue weighted by atomic mass is 9.95. The third-order valence-electron chi connectivity index (χ3n) is 5.88. The van der Waals surface area contributed by atoms with Crippen molar-refractivity contribution in [2.75, 3.05) is 11.9 Å². The van der Waals surface area contributed by atoms with Gasteiger partial charge in [-0.3, -0.25) is 9.59 Å². The lowest BCUT2D eigenvalue weighted by Gasteiger charge is -2.23. The number of anilines is 1. The highest BCUT2D eigenvalue weighted by atomic mass is 79.9. The summed E-state index contributed by atoms with van der Waals surface area (Å²) in [5.74, 6) is 0.623. The summed E-state index contributed by atoms with van der Waals surface area (Å²) in [7, 11) is 0. The number of rotatable bonds is 8. The Bertz CT molecular complexity index is 909. The average molecular weight is 487 g/mol. The second-order valence-corrected chi connectivity index (χ2v) is 9.04. The monoisotopic (exact) mass is 486 g/mol. The normalized spacial score (nSPS) is 15.2. The van der Waals surface area contributed by atoms with Crippen molar-refractivity contribution in [2.45, 2.75) is 64.3 Å². The summed E-state index contributed by atoms with van der Waals surface area (Å²) in [6.07, 6.45) is 6.61. The van der Waals surface area contributed by atoms with Crippen LogP contribution in [0, 0.1) is 0 Å². The number of benzene rings is 2. The number of para-hydroxylation sites is 1. The largest absolute Gasteiger partial charge is 0.483 e. The van der Waals surface area contributed by atoms with E-state index in [0.717, 1.165) is 36.6 Å². The van der Waals surface area contributed by atoms with Gasteiger partial charge in [-0.1, -0.05) is 51.3 Å². The summed E-state index contributed by atoms with van der Waals surface area (Å²) in [6, 6.07) is 13.2. The number of halogens is 1. The van der Waals surface area contributed by atoms with Gasteiger partial charge in [0.05, 0.1) is 15.7 Å². The summed E-state index contributed by atoms with van der Waals surface area (Å²) >= 11 is 3.53. The molecule has 1 fully saturated rings. The van der Waals surface area contributed by atoms with E-state index in [1.54, 1.807) is 24.3 Å². The summed E-state index contributed by atoms with van der Waals surface area (Å²) in [4.78, 5) is 25.3. The zero-order valence-electron chi connectivity index (χ0n) is 18.2. The van der Waals surface area contributed by atoms with E-state index in [1.165, 1.54) is 12.0 Å². The smallest absolute Gasteiger partial charge is 0.262 e. The Balaban J connectivity index is 1.59. The molecule has 2 aromatic carbocycles. The van der Waals surface area contributed by atoms with Gasteiger partial charge in [-0.2, -0.15) is 0 Å². The first-order valence-electron chi connectivity index (χ1n) is 11.1. The molecule has 0 radical (unpaired) electrons. The number of ether oxygens (including phenoxy) is 1. The zero-order chi connectivity index (χ0) is 22.2. The van der Waals surface area contributed by atoms with Gasteiger partial charge >= 0.3 is 0 Å². The third-order valence-corrected chi connectivity index (χ3v) is 6.50. The van der Waals surface area contributed by atoms with Gasteiger partial charge in [-0.15, -0.1) is 0 Å². The van der Waals surface area contributed by atoms with Crippen LogP contribution in [0.1, 0.15) is 74.2 Å². The molecule has 2 amide bonds. The highest BCUT2D eigenvalue weighted by Gasteiger charge is 2.19. The lowest BCUT2D eigenvalue weighted by molar-refractivity contribution is -0.118. The number of carbonyl (C=O) groups is 2. The van der Waals surface area contributed by atoms with Gasteiger partial charge in [0, 0.05) is 6.04 Å². The average Bonchev–Trinajstić information content (AvgIpc) is 2.78. The van der Waals surface area contributed by atoms with E-state index in [9.17, 15) is 9.59 Å². The molecule has 1 saturated carbocycles. The maximum Gasteiger partial charge on any atom is 0.262 e. The molecule has 1 aliphatic carbocycles. The van der Waals surface area contributed by atoms with Gasteiger partial charge in [0.1, 0.15) is 5.75 Å². The molecule has 2 N–H and O–H groups in total. The first-order chi connectivity index (χ1) is 15.0. The van der Waals surface area contributed by atoms with Crippen LogP contribution in [0.25, 0.3) is 0 Å². The minimum atomic E-state index is -0.309. The summed E-state index contributed by atoms with van der Waals surface area (Å²) in [5, 5.41) is 5.92. The molecule has 1 aliphatic rings. The molecule has 3 rings (SSSR count). The van der Waals surface area contributed by atoms with Crippen LogP contribution in [0.4, 0.5) is 5.69 Å². The van der Waals surface area contributed by atoms with Crippen molar-refractivity contribution in [3.8, 4) is 5.75 Å². The van der Waals surface area contributed by atoms with Gasteiger partial charge in [0.2, 0.25) is 0 Å². The first kappa shape index (κ1) is 23.3. The molecule has 0 aliphatic heterocycles. The molecule has 166 valence electrons. The van der Waals surface area contributed by atoms with E-state index < -0.39 is 0 Å². The van der Waals surface area contributed by atoms with Crippen LogP contribution in [-0.4, -0.2) is 24.5 Å². The molecule has 5 nitrogen and oxygen atoms in total. The molecule has 0 saturated heterocycles. The molecule has 31 heavy (non-hydrogen) atoms. The molecule has 6 heteroatoms. The topological polar surface area (TPSA) is 67.4 Å². The summed E-state index contributed by atoms with van der Waals surface area (Å²) < 4.78 is 6.53. The molecule has 0 spiro atoms. The molecular weight excluding hydrogens is 456 g/mol. The fourth-order valence-electron chi connectivity index (χ4n) is 3.81.